The fourth-order valence-electron chi connectivity index (χ4n) is 3.34. The van der Waals surface area contributed by atoms with Gasteiger partial charge in [-0.2, -0.15) is 0 Å². The molecule has 25 heavy (non-hydrogen) atoms. The molecule has 0 saturated carbocycles. The molecule has 0 unspecified atom stereocenters. The molecule has 4 heterocycles. The third-order valence-electron chi connectivity index (χ3n) is 4.58. The van der Waals surface area contributed by atoms with Crippen LogP contribution in [-0.2, 0) is 0 Å². The van der Waals surface area contributed by atoms with Crippen LogP contribution in [0.25, 0.3) is 0 Å². The number of ether oxygens (including phenoxy) is 2. The Labute approximate surface area is 148 Å². The third-order valence-corrected chi connectivity index (χ3v) is 5.50. The van der Waals surface area contributed by atoms with Crippen LogP contribution in [0.2, 0.25) is 0 Å². The number of thiophene rings is 1. The molecule has 8 heteroatoms. The van der Waals surface area contributed by atoms with E-state index in [4.69, 9.17) is 9.47 Å². The van der Waals surface area contributed by atoms with Crippen molar-refractivity contribution in [3.8, 4) is 11.5 Å². The minimum absolute atomic E-state index is 0.00903. The number of nitrogens with zero attached hydrogens (tertiary/aromatic N) is 2. The van der Waals surface area contributed by atoms with E-state index in [1.165, 1.54) is 11.3 Å². The van der Waals surface area contributed by atoms with Gasteiger partial charge in [0.1, 0.15) is 23.9 Å². The number of hydrogen-bond acceptors (Lipinski definition) is 6. The van der Waals surface area contributed by atoms with Gasteiger partial charge < -0.3 is 19.4 Å². The van der Waals surface area contributed by atoms with E-state index in [-0.39, 0.29) is 17.4 Å². The molecule has 132 valence electrons. The van der Waals surface area contributed by atoms with Gasteiger partial charge in [0, 0.05) is 30.5 Å². The number of nitrogens with one attached hydrogen (secondary N) is 1. The topological polar surface area (TPSA) is 84.5 Å². The van der Waals surface area contributed by atoms with E-state index in [2.05, 4.69) is 9.97 Å². The Morgan fingerprint density at radius 3 is 2.84 bits per heavy atom. The van der Waals surface area contributed by atoms with E-state index in [0.29, 0.717) is 48.5 Å². The number of amides is 1. The maximum absolute atomic E-state index is 12.8. The first-order valence-corrected chi connectivity index (χ1v) is 9.24. The summed E-state index contributed by atoms with van der Waals surface area (Å²) < 4.78 is 11.1. The summed E-state index contributed by atoms with van der Waals surface area (Å²) in [5, 5.41) is 1.83. The summed E-state index contributed by atoms with van der Waals surface area (Å²) in [6.07, 6.45) is 1.60. The summed E-state index contributed by atoms with van der Waals surface area (Å²) in [7, 11) is 0. The zero-order chi connectivity index (χ0) is 17.4. The van der Waals surface area contributed by atoms with Gasteiger partial charge in [-0.05, 0) is 19.8 Å². The lowest BCUT2D eigenvalue weighted by molar-refractivity contribution is 0.0708. The van der Waals surface area contributed by atoms with Crippen molar-refractivity contribution in [2.45, 2.75) is 25.7 Å². The fourth-order valence-corrected chi connectivity index (χ4v) is 4.24. The number of aromatic nitrogens is 2. The van der Waals surface area contributed by atoms with E-state index < -0.39 is 0 Å². The maximum atomic E-state index is 12.8. The van der Waals surface area contributed by atoms with Crippen molar-refractivity contribution >= 4 is 17.2 Å². The van der Waals surface area contributed by atoms with Crippen molar-refractivity contribution in [1.29, 1.82) is 0 Å². The summed E-state index contributed by atoms with van der Waals surface area (Å²) in [5.74, 6) is 2.07. The Kier molecular flexibility index (Phi) is 4.20. The molecule has 1 N–H and O–H groups in total. The standard InChI is InChI=1S/C17H19N3O4S/c1-10-18-12(8-14(21)19-10)11-2-4-20(5-3-11)17(22)16-15-13(9-25-16)23-6-7-24-15/h8-9,11H,2-7H2,1H3,(H,18,19,21). The number of H-pyrrole nitrogens is 1. The Morgan fingerprint density at radius 2 is 2.08 bits per heavy atom. The molecular weight excluding hydrogens is 342 g/mol. The van der Waals surface area contributed by atoms with E-state index in [1.807, 2.05) is 10.3 Å². The molecule has 1 saturated heterocycles. The minimum atomic E-state index is -0.122. The Bertz CT molecular complexity index is 852. The van der Waals surface area contributed by atoms with Gasteiger partial charge in [0.25, 0.3) is 11.5 Å². The molecule has 0 aliphatic carbocycles. The van der Waals surface area contributed by atoms with Gasteiger partial charge in [-0.15, -0.1) is 11.3 Å². The third kappa shape index (κ3) is 3.13. The molecule has 1 fully saturated rings. The second kappa shape index (κ2) is 6.51. The molecule has 7 nitrogen and oxygen atoms in total. The molecule has 2 aliphatic heterocycles. The first-order valence-electron chi connectivity index (χ1n) is 8.36. The summed E-state index contributed by atoms with van der Waals surface area (Å²) >= 11 is 1.37. The van der Waals surface area contributed by atoms with Crippen LogP contribution in [0.15, 0.2) is 16.2 Å². The van der Waals surface area contributed by atoms with Gasteiger partial charge in [-0.25, -0.2) is 4.98 Å². The normalized spacial score (nSPS) is 17.6. The molecule has 0 radical (unpaired) electrons. The zero-order valence-electron chi connectivity index (χ0n) is 13.9. The van der Waals surface area contributed by atoms with Gasteiger partial charge in [0.05, 0.1) is 5.69 Å². The van der Waals surface area contributed by atoms with E-state index in [9.17, 15) is 9.59 Å². The van der Waals surface area contributed by atoms with Crippen molar-refractivity contribution in [1.82, 2.24) is 14.9 Å². The minimum Gasteiger partial charge on any atom is -0.485 e. The summed E-state index contributed by atoms with van der Waals surface area (Å²) in [5.41, 5.74) is 0.696. The van der Waals surface area contributed by atoms with Crippen LogP contribution in [0, 0.1) is 6.92 Å². The van der Waals surface area contributed by atoms with Crippen LogP contribution in [-0.4, -0.2) is 47.1 Å². The van der Waals surface area contributed by atoms with Gasteiger partial charge in [0.15, 0.2) is 11.5 Å². The molecular formula is C17H19N3O4S. The molecule has 4 rings (SSSR count). The predicted molar refractivity (Wildman–Crippen MR) is 92.8 cm³/mol. The first-order chi connectivity index (χ1) is 12.1. The SMILES string of the molecule is Cc1nc(C2CCN(C(=O)c3scc4c3OCCO4)CC2)cc(=O)[nH]1. The average Bonchev–Trinajstić information content (AvgIpc) is 3.04. The molecule has 1 amide bonds. The number of rotatable bonds is 2. The van der Waals surface area contributed by atoms with Crippen molar-refractivity contribution < 1.29 is 14.3 Å². The second-order valence-corrected chi connectivity index (χ2v) is 7.16. The number of carbonyl (C=O) groups is 1. The van der Waals surface area contributed by atoms with Crippen molar-refractivity contribution in [2.75, 3.05) is 26.3 Å². The molecule has 0 bridgehead atoms. The van der Waals surface area contributed by atoms with E-state index >= 15 is 0 Å². The van der Waals surface area contributed by atoms with Crippen molar-refractivity contribution in [3.05, 3.63) is 38.2 Å². The van der Waals surface area contributed by atoms with Crippen LogP contribution >= 0.6 is 11.3 Å². The predicted octanol–water partition coefficient (Wildman–Crippen LogP) is 1.93. The monoisotopic (exact) mass is 361 g/mol. The lowest BCUT2D eigenvalue weighted by Gasteiger charge is -2.31. The number of aryl methyl sites for hydroxylation is 1. The van der Waals surface area contributed by atoms with Crippen LogP contribution in [0.4, 0.5) is 0 Å². The quantitative estimate of drug-likeness (QED) is 0.884. The zero-order valence-corrected chi connectivity index (χ0v) is 14.7. The lowest BCUT2D eigenvalue weighted by atomic mass is 9.93. The van der Waals surface area contributed by atoms with Crippen molar-refractivity contribution in [3.63, 3.8) is 0 Å². The highest BCUT2D eigenvalue weighted by molar-refractivity contribution is 7.12. The van der Waals surface area contributed by atoms with Crippen molar-refractivity contribution in [2.24, 2.45) is 0 Å². The largest absolute Gasteiger partial charge is 0.485 e. The number of carbonyl (C=O) groups excluding carboxylic acids is 1. The van der Waals surface area contributed by atoms with Gasteiger partial charge in [0.2, 0.25) is 0 Å². The maximum Gasteiger partial charge on any atom is 0.267 e. The van der Waals surface area contributed by atoms with E-state index in [0.717, 1.165) is 18.5 Å². The van der Waals surface area contributed by atoms with Gasteiger partial charge in [-0.3, -0.25) is 9.59 Å². The molecule has 0 atom stereocenters. The Hall–Kier alpha value is -2.35. The molecule has 0 spiro atoms. The fraction of sp³-hybridized carbons (Fsp3) is 0.471. The number of aromatic amines is 1. The van der Waals surface area contributed by atoms with Crippen LogP contribution < -0.4 is 15.0 Å². The molecule has 0 aromatic carbocycles. The molecule has 2 aromatic heterocycles. The Morgan fingerprint density at radius 1 is 1.32 bits per heavy atom. The number of fused-ring (bicyclic) bond motifs is 1. The number of likely N-dealkylation sites (tertiary alicyclic amines) is 1. The highest BCUT2D eigenvalue weighted by Crippen LogP contribution is 2.40. The second-order valence-electron chi connectivity index (χ2n) is 6.28. The smallest absolute Gasteiger partial charge is 0.267 e. The molecule has 2 aliphatic rings. The van der Waals surface area contributed by atoms with Gasteiger partial charge >= 0.3 is 0 Å². The summed E-state index contributed by atoms with van der Waals surface area (Å²) in [6.45, 7) is 4.06. The highest BCUT2D eigenvalue weighted by atomic mass is 32.1. The summed E-state index contributed by atoms with van der Waals surface area (Å²) in [4.78, 5) is 34.0. The highest BCUT2D eigenvalue weighted by Gasteiger charge is 2.30. The van der Waals surface area contributed by atoms with E-state index in [1.54, 1.807) is 13.0 Å². The lowest BCUT2D eigenvalue weighted by Crippen LogP contribution is -2.38. The van der Waals surface area contributed by atoms with Crippen LogP contribution in [0.5, 0.6) is 11.5 Å². The number of hydrogen-bond donors (Lipinski definition) is 1. The number of piperidine rings is 1. The molecule has 2 aromatic rings. The Balaban J connectivity index is 1.46. The summed E-state index contributed by atoms with van der Waals surface area (Å²) in [6, 6.07) is 1.57. The van der Waals surface area contributed by atoms with Gasteiger partial charge in [-0.1, -0.05) is 0 Å². The average molecular weight is 361 g/mol. The van der Waals surface area contributed by atoms with Crippen LogP contribution in [0.3, 0.4) is 0 Å². The van der Waals surface area contributed by atoms with Crippen LogP contribution in [0.1, 0.15) is 39.9 Å². The first kappa shape index (κ1) is 16.1.